The van der Waals surface area contributed by atoms with E-state index in [1.807, 2.05) is 0 Å². The molecular formula is C19H17FN4O4S. The lowest BCUT2D eigenvalue weighted by molar-refractivity contribution is 0.102. The van der Waals surface area contributed by atoms with Crippen molar-refractivity contribution in [3.63, 3.8) is 0 Å². The molecule has 0 bridgehead atoms. The van der Waals surface area contributed by atoms with Gasteiger partial charge in [-0.3, -0.25) is 10.1 Å². The first kappa shape index (κ1) is 20.1. The molecule has 0 aliphatic heterocycles. The first-order valence-corrected chi connectivity index (χ1v) is 9.19. The van der Waals surface area contributed by atoms with E-state index < -0.39 is 17.8 Å². The van der Waals surface area contributed by atoms with Gasteiger partial charge >= 0.3 is 6.03 Å². The number of methoxy groups -OCH3 is 2. The van der Waals surface area contributed by atoms with Gasteiger partial charge in [0.05, 0.1) is 19.9 Å². The number of hydrogen-bond acceptors (Lipinski definition) is 6. The van der Waals surface area contributed by atoms with Crippen molar-refractivity contribution in [2.45, 2.75) is 0 Å². The highest BCUT2D eigenvalue weighted by Gasteiger charge is 2.15. The Morgan fingerprint density at radius 3 is 2.45 bits per heavy atom. The Bertz CT molecular complexity index is 1020. The fraction of sp³-hybridized carbons (Fsp3) is 0.105. The molecule has 2 aromatic carbocycles. The quantitative estimate of drug-likeness (QED) is 0.559. The van der Waals surface area contributed by atoms with E-state index in [4.69, 9.17) is 9.47 Å². The molecule has 0 aliphatic carbocycles. The molecule has 1 heterocycles. The minimum Gasteiger partial charge on any atom is -0.497 e. The molecule has 3 amide bonds. The van der Waals surface area contributed by atoms with Crippen molar-refractivity contribution in [1.29, 1.82) is 0 Å². The van der Waals surface area contributed by atoms with Crippen molar-refractivity contribution < 1.29 is 23.5 Å². The van der Waals surface area contributed by atoms with E-state index >= 15 is 0 Å². The second-order valence-electron chi connectivity index (χ2n) is 5.64. The second kappa shape index (κ2) is 9.02. The van der Waals surface area contributed by atoms with Crippen LogP contribution in [0.1, 0.15) is 10.5 Å². The molecular weight excluding hydrogens is 399 g/mol. The van der Waals surface area contributed by atoms with Gasteiger partial charge < -0.3 is 20.1 Å². The van der Waals surface area contributed by atoms with Crippen LogP contribution in [0.4, 0.5) is 25.7 Å². The molecule has 0 aliphatic rings. The summed E-state index contributed by atoms with van der Waals surface area (Å²) in [4.78, 5) is 28.5. The van der Waals surface area contributed by atoms with Crippen molar-refractivity contribution in [1.82, 2.24) is 4.98 Å². The third-order valence-corrected chi connectivity index (χ3v) is 4.47. The maximum atomic E-state index is 12.9. The summed E-state index contributed by atoms with van der Waals surface area (Å²) in [5.74, 6) is 0.161. The van der Waals surface area contributed by atoms with Crippen molar-refractivity contribution in [3.05, 3.63) is 59.4 Å². The maximum Gasteiger partial charge on any atom is 0.325 e. The minimum absolute atomic E-state index is 0.130. The van der Waals surface area contributed by atoms with Crippen molar-refractivity contribution in [3.8, 4) is 11.5 Å². The zero-order valence-corrected chi connectivity index (χ0v) is 16.3. The summed E-state index contributed by atoms with van der Waals surface area (Å²) >= 11 is 1.09. The first-order valence-electron chi connectivity index (χ1n) is 8.31. The molecule has 10 heteroatoms. The van der Waals surface area contributed by atoms with Gasteiger partial charge in [0.2, 0.25) is 0 Å². The third kappa shape index (κ3) is 5.20. The Kier molecular flexibility index (Phi) is 6.25. The molecule has 29 heavy (non-hydrogen) atoms. The maximum absolute atomic E-state index is 12.9. The lowest BCUT2D eigenvalue weighted by atomic mass is 10.2. The average molecular weight is 416 g/mol. The number of halogens is 1. The Morgan fingerprint density at radius 2 is 1.76 bits per heavy atom. The summed E-state index contributed by atoms with van der Waals surface area (Å²) in [5, 5.41) is 9.51. The topological polar surface area (TPSA) is 102 Å². The van der Waals surface area contributed by atoms with Crippen LogP contribution in [-0.4, -0.2) is 31.1 Å². The Labute approximate surface area is 169 Å². The van der Waals surface area contributed by atoms with E-state index in [9.17, 15) is 14.0 Å². The molecule has 0 saturated heterocycles. The number of anilines is 3. The number of carbonyl (C=O) groups is 2. The van der Waals surface area contributed by atoms with Gasteiger partial charge in [-0.1, -0.05) is 0 Å². The molecule has 3 N–H and O–H groups in total. The van der Waals surface area contributed by atoms with Gasteiger partial charge in [0.15, 0.2) is 5.13 Å². The molecule has 150 valence electrons. The monoisotopic (exact) mass is 416 g/mol. The highest BCUT2D eigenvalue weighted by molar-refractivity contribution is 7.14. The van der Waals surface area contributed by atoms with E-state index in [2.05, 4.69) is 20.9 Å². The molecule has 0 saturated carbocycles. The summed E-state index contributed by atoms with van der Waals surface area (Å²) in [6, 6.07) is 9.74. The van der Waals surface area contributed by atoms with Gasteiger partial charge in [-0.15, -0.1) is 11.3 Å². The standard InChI is InChI=1S/C19H17FN4O4S/c1-27-13-7-8-14(16(9-13)28-2)22-17(25)15-10-29-19(23-15)24-18(26)21-12-5-3-11(20)4-6-12/h3-10H,1-2H3,(H,22,25)(H2,21,23,24,26). The highest BCUT2D eigenvalue weighted by atomic mass is 32.1. The van der Waals surface area contributed by atoms with Gasteiger partial charge in [-0.2, -0.15) is 0 Å². The number of thiazole rings is 1. The smallest absolute Gasteiger partial charge is 0.325 e. The third-order valence-electron chi connectivity index (χ3n) is 3.72. The van der Waals surface area contributed by atoms with Crippen molar-refractivity contribution in [2.75, 3.05) is 30.2 Å². The van der Waals surface area contributed by atoms with Crippen LogP contribution in [0.3, 0.4) is 0 Å². The van der Waals surface area contributed by atoms with E-state index in [1.54, 1.807) is 18.2 Å². The van der Waals surface area contributed by atoms with E-state index in [1.165, 1.54) is 43.9 Å². The van der Waals surface area contributed by atoms with E-state index in [0.717, 1.165) is 11.3 Å². The largest absolute Gasteiger partial charge is 0.497 e. The summed E-state index contributed by atoms with van der Waals surface area (Å²) < 4.78 is 23.3. The SMILES string of the molecule is COc1ccc(NC(=O)c2csc(NC(=O)Nc3ccc(F)cc3)n2)c(OC)c1. The summed E-state index contributed by atoms with van der Waals surface area (Å²) in [6.45, 7) is 0. The molecule has 3 rings (SSSR count). The van der Waals surface area contributed by atoms with Gasteiger partial charge in [0.1, 0.15) is 23.0 Å². The van der Waals surface area contributed by atoms with Crippen LogP contribution in [0.25, 0.3) is 0 Å². The van der Waals surface area contributed by atoms with Crippen LogP contribution in [0, 0.1) is 5.82 Å². The fourth-order valence-corrected chi connectivity index (χ4v) is 3.00. The Balaban J connectivity index is 1.62. The van der Waals surface area contributed by atoms with E-state index in [0.29, 0.717) is 22.9 Å². The van der Waals surface area contributed by atoms with Crippen LogP contribution < -0.4 is 25.4 Å². The first-order chi connectivity index (χ1) is 14.0. The minimum atomic E-state index is -0.560. The molecule has 0 radical (unpaired) electrons. The van der Waals surface area contributed by atoms with Crippen molar-refractivity contribution in [2.24, 2.45) is 0 Å². The number of urea groups is 1. The number of carbonyl (C=O) groups excluding carboxylic acids is 2. The highest BCUT2D eigenvalue weighted by Crippen LogP contribution is 2.29. The van der Waals surface area contributed by atoms with Crippen LogP contribution in [0.15, 0.2) is 47.8 Å². The number of ether oxygens (including phenoxy) is 2. The van der Waals surface area contributed by atoms with Crippen LogP contribution in [-0.2, 0) is 0 Å². The van der Waals surface area contributed by atoms with Crippen LogP contribution in [0.2, 0.25) is 0 Å². The average Bonchev–Trinajstić information content (AvgIpc) is 3.18. The Morgan fingerprint density at radius 1 is 1.00 bits per heavy atom. The zero-order chi connectivity index (χ0) is 20.8. The number of nitrogens with one attached hydrogen (secondary N) is 3. The van der Waals surface area contributed by atoms with Gasteiger partial charge in [-0.25, -0.2) is 14.2 Å². The molecule has 0 unspecified atom stereocenters. The van der Waals surface area contributed by atoms with Gasteiger partial charge in [-0.05, 0) is 36.4 Å². The second-order valence-corrected chi connectivity index (χ2v) is 6.50. The predicted molar refractivity (Wildman–Crippen MR) is 109 cm³/mol. The van der Waals surface area contributed by atoms with Crippen molar-refractivity contribution >= 4 is 39.8 Å². The normalized spacial score (nSPS) is 10.2. The number of nitrogens with zero attached hydrogens (tertiary/aromatic N) is 1. The number of amides is 3. The number of rotatable bonds is 6. The van der Waals surface area contributed by atoms with Gasteiger partial charge in [0, 0.05) is 17.1 Å². The van der Waals surface area contributed by atoms with E-state index in [-0.39, 0.29) is 10.8 Å². The molecule has 0 spiro atoms. The summed E-state index contributed by atoms with van der Waals surface area (Å²) in [6.07, 6.45) is 0. The van der Waals surface area contributed by atoms with Crippen LogP contribution >= 0.6 is 11.3 Å². The lowest BCUT2D eigenvalue weighted by Gasteiger charge is -2.10. The number of aromatic nitrogens is 1. The fourth-order valence-electron chi connectivity index (χ4n) is 2.32. The lowest BCUT2D eigenvalue weighted by Crippen LogP contribution is -2.19. The number of benzene rings is 2. The predicted octanol–water partition coefficient (Wildman–Crippen LogP) is 4.20. The Hall–Kier alpha value is -3.66. The summed E-state index contributed by atoms with van der Waals surface area (Å²) in [7, 11) is 3.01. The molecule has 8 nitrogen and oxygen atoms in total. The molecule has 1 aromatic heterocycles. The molecule has 0 fully saturated rings. The summed E-state index contributed by atoms with van der Waals surface area (Å²) in [5.41, 5.74) is 1.00. The van der Waals surface area contributed by atoms with Crippen LogP contribution in [0.5, 0.6) is 11.5 Å². The zero-order valence-electron chi connectivity index (χ0n) is 15.5. The van der Waals surface area contributed by atoms with Gasteiger partial charge in [0.25, 0.3) is 5.91 Å². The molecule has 3 aromatic rings. The molecule has 0 atom stereocenters. The number of hydrogen-bond donors (Lipinski definition) is 3.